The molecule has 0 radical (unpaired) electrons. The van der Waals surface area contributed by atoms with E-state index in [4.69, 9.17) is 4.74 Å². The molecule has 0 N–H and O–H groups in total. The van der Waals surface area contributed by atoms with E-state index < -0.39 is 29.5 Å². The van der Waals surface area contributed by atoms with Crippen LogP contribution in [0.5, 0.6) is 5.75 Å². The second-order valence-electron chi connectivity index (χ2n) is 15.5. The average molecular weight is 683 g/mol. The van der Waals surface area contributed by atoms with E-state index in [1.807, 2.05) is 7.11 Å². The normalized spacial score (nSPS) is 16.8. The number of allylic oxidation sites excluding steroid dienone is 4. The molecule has 0 saturated carbocycles. The molecule has 0 amide bonds. The summed E-state index contributed by atoms with van der Waals surface area (Å²) in [6.45, 7) is 21.8. The summed E-state index contributed by atoms with van der Waals surface area (Å²) in [5, 5.41) is 1.55. The number of hydrogen-bond donors (Lipinski definition) is 0. The first-order valence-corrected chi connectivity index (χ1v) is 23.5. The van der Waals surface area contributed by atoms with Crippen LogP contribution in [0.4, 0.5) is 11.4 Å². The van der Waals surface area contributed by atoms with E-state index >= 15 is 0 Å². The summed E-state index contributed by atoms with van der Waals surface area (Å²) in [7, 11) is 8.38. The maximum absolute atomic E-state index is 6.59. The molecular weight excluding hydrogens is 622 g/mol. The van der Waals surface area contributed by atoms with Crippen LogP contribution in [0.2, 0.25) is 14.9 Å². The molecule has 0 saturated heterocycles. The molecule has 0 bridgehead atoms. The molecule has 0 spiro atoms. The van der Waals surface area contributed by atoms with Crippen molar-refractivity contribution >= 4 is 24.6 Å². The topological polar surface area (TPSA) is 15.7 Å². The van der Waals surface area contributed by atoms with Crippen LogP contribution in [0.25, 0.3) is 0 Å². The minimum absolute atomic E-state index is 0.0155. The monoisotopic (exact) mass is 682 g/mol. The minimum atomic E-state index is -2.52. The van der Waals surface area contributed by atoms with Crippen molar-refractivity contribution in [2.75, 3.05) is 45.1 Å². The van der Waals surface area contributed by atoms with E-state index in [0.717, 1.165) is 5.75 Å². The maximum atomic E-state index is 6.59. The number of anilines is 2. The SMILES string of the molecule is CC[Si](CC)(c1cc(C)cc(C(C)(C)C)c1OC)[C]1([Sc]([CH2]c2ccccc2N(C)C)[CH2]c2ccccc2N(C)C)C(C)=CC(C)=C1C. The molecule has 1 atom stereocenters. The third-order valence-electron chi connectivity index (χ3n) is 11.5. The van der Waals surface area contributed by atoms with Gasteiger partial charge in [0.25, 0.3) is 0 Å². The number of rotatable bonds is 12. The summed E-state index contributed by atoms with van der Waals surface area (Å²) in [6.07, 6.45) is 2.59. The molecule has 0 heterocycles. The molecule has 3 aromatic carbocycles. The molecule has 1 unspecified atom stereocenters. The van der Waals surface area contributed by atoms with Gasteiger partial charge in [0.1, 0.15) is 0 Å². The summed E-state index contributed by atoms with van der Waals surface area (Å²) >= 11 is -2.52. The second-order valence-corrected chi connectivity index (χ2v) is 26.1. The quantitative estimate of drug-likeness (QED) is 0.177. The van der Waals surface area contributed by atoms with Gasteiger partial charge in [0.15, 0.2) is 0 Å². The van der Waals surface area contributed by atoms with Gasteiger partial charge in [-0.3, -0.25) is 0 Å². The van der Waals surface area contributed by atoms with Gasteiger partial charge >= 0.3 is 298 Å². The van der Waals surface area contributed by atoms with Crippen LogP contribution < -0.4 is 19.7 Å². The van der Waals surface area contributed by atoms with Crippen molar-refractivity contribution < 1.29 is 26.2 Å². The van der Waals surface area contributed by atoms with Gasteiger partial charge in [0.05, 0.1) is 0 Å². The van der Waals surface area contributed by atoms with Crippen molar-refractivity contribution in [2.45, 2.75) is 91.0 Å². The second kappa shape index (κ2) is 14.6. The van der Waals surface area contributed by atoms with Gasteiger partial charge in [-0.05, 0) is 0 Å². The van der Waals surface area contributed by atoms with E-state index in [0.29, 0.717) is 0 Å². The Labute approximate surface area is 296 Å². The summed E-state index contributed by atoms with van der Waals surface area (Å²) in [5.74, 6) is 1.16. The zero-order chi connectivity index (χ0) is 34.9. The molecule has 252 valence electrons. The molecule has 4 rings (SSSR count). The number of hydrogen-bond acceptors (Lipinski definition) is 3. The first-order chi connectivity index (χ1) is 22.1. The number of para-hydroxylation sites is 2. The number of benzene rings is 3. The van der Waals surface area contributed by atoms with Gasteiger partial charge in [-0.2, -0.15) is 0 Å². The average Bonchev–Trinajstić information content (AvgIpc) is 3.25. The van der Waals surface area contributed by atoms with Crippen molar-refractivity contribution in [1.29, 1.82) is 0 Å². The van der Waals surface area contributed by atoms with Crippen LogP contribution in [-0.2, 0) is 35.2 Å². The Balaban J connectivity index is 2.18. The van der Waals surface area contributed by atoms with Crippen molar-refractivity contribution in [3.05, 3.63) is 106 Å². The van der Waals surface area contributed by atoms with E-state index in [9.17, 15) is 0 Å². The van der Waals surface area contributed by atoms with Gasteiger partial charge < -0.3 is 0 Å². The van der Waals surface area contributed by atoms with Gasteiger partial charge in [0, 0.05) is 0 Å². The first-order valence-electron chi connectivity index (χ1n) is 17.7. The van der Waals surface area contributed by atoms with Crippen LogP contribution in [0.3, 0.4) is 0 Å². The molecule has 5 heteroatoms. The molecule has 0 aromatic heterocycles. The van der Waals surface area contributed by atoms with Crippen LogP contribution in [0.1, 0.15) is 77.6 Å². The van der Waals surface area contributed by atoms with Gasteiger partial charge in [-0.25, -0.2) is 0 Å². The van der Waals surface area contributed by atoms with Crippen molar-refractivity contribution in [3.63, 3.8) is 0 Å². The molecule has 3 aromatic rings. The predicted octanol–water partition coefficient (Wildman–Crippen LogP) is 10.1. The van der Waals surface area contributed by atoms with Crippen LogP contribution in [0, 0.1) is 6.92 Å². The molecule has 0 fully saturated rings. The molecule has 47 heavy (non-hydrogen) atoms. The Bertz CT molecular complexity index is 1590. The molecule has 0 aliphatic heterocycles. The summed E-state index contributed by atoms with van der Waals surface area (Å²) in [5.41, 5.74) is 13.2. The van der Waals surface area contributed by atoms with Gasteiger partial charge in [-0.1, -0.05) is 0 Å². The third-order valence-corrected chi connectivity index (χ3v) is 28.0. The molecule has 1 aliphatic rings. The summed E-state index contributed by atoms with van der Waals surface area (Å²) in [4.78, 5) is 4.65. The predicted molar refractivity (Wildman–Crippen MR) is 207 cm³/mol. The number of methoxy groups -OCH3 is 1. The van der Waals surface area contributed by atoms with Gasteiger partial charge in [-0.15, -0.1) is 0 Å². The Morgan fingerprint density at radius 1 is 0.766 bits per heavy atom. The third kappa shape index (κ3) is 6.65. The fourth-order valence-corrected chi connectivity index (χ4v) is 29.4. The van der Waals surface area contributed by atoms with Crippen molar-refractivity contribution in [3.8, 4) is 5.75 Å². The Hall–Kier alpha value is -2.37. The zero-order valence-electron chi connectivity index (χ0n) is 32.1. The first kappa shape index (κ1) is 37.4. The Kier molecular flexibility index (Phi) is 11.7. The number of ether oxygens (including phenoxy) is 1. The van der Waals surface area contributed by atoms with Gasteiger partial charge in [0.2, 0.25) is 0 Å². The fourth-order valence-electron chi connectivity index (χ4n) is 9.36. The summed E-state index contributed by atoms with van der Waals surface area (Å²) in [6, 6.07) is 25.8. The van der Waals surface area contributed by atoms with E-state index in [2.05, 4.69) is 167 Å². The summed E-state index contributed by atoms with van der Waals surface area (Å²) < 4.78 is 9.06. The van der Waals surface area contributed by atoms with E-state index in [1.54, 1.807) is 16.3 Å². The van der Waals surface area contributed by atoms with E-state index in [1.165, 1.54) is 59.6 Å². The number of nitrogens with zero attached hydrogens (tertiary/aromatic N) is 2. The van der Waals surface area contributed by atoms with Crippen molar-refractivity contribution in [1.82, 2.24) is 0 Å². The van der Waals surface area contributed by atoms with E-state index in [-0.39, 0.29) is 8.21 Å². The molecule has 3 nitrogen and oxygen atoms in total. The number of aryl methyl sites for hydroxylation is 1. The van der Waals surface area contributed by atoms with Crippen molar-refractivity contribution in [2.24, 2.45) is 0 Å². The van der Waals surface area contributed by atoms with Crippen LogP contribution >= 0.6 is 0 Å². The zero-order valence-corrected chi connectivity index (χ0v) is 34.9. The molecule has 1 aliphatic carbocycles. The standard InChI is InChI=1S/C24H37OSi.2C9H12N.Sc/c1-11-26(12-2,23-18(5)15-17(4)19(23)6)21-14-16(3)13-20(22(21)25-10)24(7,8)9;2*1-8-6-4-5-7-9(8)10(2)3;/h13-15H,11-12H2,1-10H3;2*4-7H,1H2,2-3H3;. The van der Waals surface area contributed by atoms with Crippen LogP contribution in [0.15, 0.2) is 83.5 Å². The Morgan fingerprint density at radius 3 is 1.64 bits per heavy atom. The van der Waals surface area contributed by atoms with Crippen LogP contribution in [-0.4, -0.2) is 43.4 Å². The fraction of sp³-hybridized carbons (Fsp3) is 0.476. The molecular formula is C42H61N2OScSi. The Morgan fingerprint density at radius 2 is 1.26 bits per heavy atom.